The molecule has 0 bridgehead atoms. The van der Waals surface area contributed by atoms with E-state index in [2.05, 4.69) is 11.0 Å². The van der Waals surface area contributed by atoms with Crippen molar-refractivity contribution in [3.05, 3.63) is 53.6 Å². The zero-order valence-electron chi connectivity index (χ0n) is 18.8. The zero-order chi connectivity index (χ0) is 24.4. The summed E-state index contributed by atoms with van der Waals surface area (Å²) in [7, 11) is 4.89. The van der Waals surface area contributed by atoms with Crippen LogP contribution in [0.2, 0.25) is 0 Å². The van der Waals surface area contributed by atoms with E-state index < -0.39 is 11.9 Å². The van der Waals surface area contributed by atoms with Gasteiger partial charge in [0.15, 0.2) is 11.5 Å². The number of carbonyl (C=O) groups excluding carboxylic acids is 1. The Morgan fingerprint density at radius 3 is 2.00 bits per heavy atom. The van der Waals surface area contributed by atoms with Crippen LogP contribution in [0.3, 0.4) is 0 Å². The Labute approximate surface area is 191 Å². The topological polar surface area (TPSA) is 126 Å². The Bertz CT molecular complexity index is 959. The van der Waals surface area contributed by atoms with Crippen molar-refractivity contribution in [2.75, 3.05) is 47.5 Å². The molecule has 0 aliphatic carbocycles. The van der Waals surface area contributed by atoms with E-state index in [1.807, 2.05) is 35.2 Å². The van der Waals surface area contributed by atoms with Crippen molar-refractivity contribution in [3.63, 3.8) is 0 Å². The Balaban J connectivity index is 0.000000569. The van der Waals surface area contributed by atoms with Crippen molar-refractivity contribution in [1.29, 1.82) is 0 Å². The molecule has 0 aromatic heterocycles. The summed E-state index contributed by atoms with van der Waals surface area (Å²) in [4.78, 5) is 35.2. The van der Waals surface area contributed by atoms with Gasteiger partial charge in [0.05, 0.1) is 21.3 Å². The number of benzene rings is 2. The third-order valence-electron chi connectivity index (χ3n) is 5.01. The molecule has 0 radical (unpaired) electrons. The maximum absolute atomic E-state index is 12.7. The molecule has 0 spiro atoms. The van der Waals surface area contributed by atoms with Crippen LogP contribution in [0.5, 0.6) is 17.2 Å². The van der Waals surface area contributed by atoms with Gasteiger partial charge >= 0.3 is 11.9 Å². The lowest BCUT2D eigenvalue weighted by Gasteiger charge is -2.35. The second kappa shape index (κ2) is 12.3. The fourth-order valence-electron chi connectivity index (χ4n) is 3.28. The highest BCUT2D eigenvalue weighted by Crippen LogP contribution is 2.28. The van der Waals surface area contributed by atoms with Crippen LogP contribution in [0.15, 0.2) is 42.5 Å². The highest BCUT2D eigenvalue weighted by molar-refractivity contribution is 6.27. The quantitative estimate of drug-likeness (QED) is 0.621. The molecule has 33 heavy (non-hydrogen) atoms. The fraction of sp³-hybridized carbons (Fsp3) is 0.348. The molecule has 178 valence electrons. The standard InChI is InChI=1S/C21H26N2O4.C2H2O4/c1-25-18-6-4-5-17(14-18)21(24)23-11-9-22(10-12-23)15-16-7-8-19(26-2)20(13-16)27-3;3-1(4)2(5)6/h4-8,13-14H,9-12,15H2,1-3H3;(H,3,4)(H,5,6). The van der Waals surface area contributed by atoms with Gasteiger partial charge in [0.25, 0.3) is 5.91 Å². The van der Waals surface area contributed by atoms with Crippen LogP contribution >= 0.6 is 0 Å². The Morgan fingerprint density at radius 1 is 0.818 bits per heavy atom. The van der Waals surface area contributed by atoms with E-state index in [9.17, 15) is 4.79 Å². The maximum atomic E-state index is 12.7. The van der Waals surface area contributed by atoms with Crippen LogP contribution in [0.4, 0.5) is 0 Å². The molecule has 0 unspecified atom stereocenters. The van der Waals surface area contributed by atoms with Crippen molar-refractivity contribution in [3.8, 4) is 17.2 Å². The number of hydrogen-bond acceptors (Lipinski definition) is 7. The largest absolute Gasteiger partial charge is 0.497 e. The molecule has 2 aromatic carbocycles. The molecule has 1 fully saturated rings. The van der Waals surface area contributed by atoms with E-state index in [-0.39, 0.29) is 5.91 Å². The molecule has 2 aromatic rings. The SMILES string of the molecule is COc1cccc(C(=O)N2CCN(Cc3ccc(OC)c(OC)c3)CC2)c1.O=C(O)C(=O)O. The monoisotopic (exact) mass is 460 g/mol. The van der Waals surface area contributed by atoms with Crippen LogP contribution in [-0.4, -0.2) is 85.4 Å². The maximum Gasteiger partial charge on any atom is 0.414 e. The number of ether oxygens (including phenoxy) is 3. The summed E-state index contributed by atoms with van der Waals surface area (Å²) in [6, 6.07) is 13.3. The molecule has 10 nitrogen and oxygen atoms in total. The first-order chi connectivity index (χ1) is 15.8. The van der Waals surface area contributed by atoms with Gasteiger partial charge in [-0.25, -0.2) is 9.59 Å². The number of carbonyl (C=O) groups is 3. The third-order valence-corrected chi connectivity index (χ3v) is 5.01. The van der Waals surface area contributed by atoms with Crippen molar-refractivity contribution in [2.24, 2.45) is 0 Å². The summed E-state index contributed by atoms with van der Waals surface area (Å²) >= 11 is 0. The number of hydrogen-bond donors (Lipinski definition) is 2. The van der Waals surface area contributed by atoms with Gasteiger partial charge in [0, 0.05) is 38.3 Å². The lowest BCUT2D eigenvalue weighted by molar-refractivity contribution is -0.159. The van der Waals surface area contributed by atoms with E-state index in [1.165, 1.54) is 5.56 Å². The average molecular weight is 460 g/mol. The molecule has 0 saturated carbocycles. The third kappa shape index (κ3) is 7.39. The Morgan fingerprint density at radius 2 is 1.45 bits per heavy atom. The molecule has 10 heteroatoms. The van der Waals surface area contributed by atoms with E-state index in [0.29, 0.717) is 24.4 Å². The summed E-state index contributed by atoms with van der Waals surface area (Å²) in [5.74, 6) is -1.42. The average Bonchev–Trinajstić information content (AvgIpc) is 2.84. The van der Waals surface area contributed by atoms with Gasteiger partial charge < -0.3 is 29.3 Å². The first-order valence-corrected chi connectivity index (χ1v) is 10.1. The van der Waals surface area contributed by atoms with Crippen molar-refractivity contribution in [1.82, 2.24) is 9.80 Å². The highest BCUT2D eigenvalue weighted by atomic mass is 16.5. The van der Waals surface area contributed by atoms with Crippen LogP contribution in [-0.2, 0) is 16.1 Å². The second-order valence-electron chi connectivity index (χ2n) is 7.10. The van der Waals surface area contributed by atoms with Gasteiger partial charge in [0.1, 0.15) is 5.75 Å². The van der Waals surface area contributed by atoms with Crippen LogP contribution in [0.1, 0.15) is 15.9 Å². The minimum absolute atomic E-state index is 0.0552. The van der Waals surface area contributed by atoms with E-state index in [0.717, 1.165) is 31.1 Å². The number of rotatable bonds is 6. The summed E-state index contributed by atoms with van der Waals surface area (Å²) < 4.78 is 15.9. The molecular formula is C23H28N2O8. The minimum atomic E-state index is -1.82. The first kappa shape index (κ1) is 25.5. The number of methoxy groups -OCH3 is 3. The fourth-order valence-corrected chi connectivity index (χ4v) is 3.28. The van der Waals surface area contributed by atoms with Gasteiger partial charge in [0.2, 0.25) is 0 Å². The second-order valence-corrected chi connectivity index (χ2v) is 7.10. The summed E-state index contributed by atoms with van der Waals surface area (Å²) in [5, 5.41) is 14.8. The van der Waals surface area contributed by atoms with E-state index >= 15 is 0 Å². The molecule has 3 rings (SSSR count). The van der Waals surface area contributed by atoms with Gasteiger partial charge in [-0.2, -0.15) is 0 Å². The van der Waals surface area contributed by atoms with Crippen molar-refractivity contribution < 1.29 is 38.8 Å². The number of amides is 1. The van der Waals surface area contributed by atoms with Crippen molar-refractivity contribution >= 4 is 17.8 Å². The Kier molecular flexibility index (Phi) is 9.49. The molecule has 1 heterocycles. The van der Waals surface area contributed by atoms with Gasteiger partial charge in [-0.15, -0.1) is 0 Å². The predicted octanol–water partition coefficient (Wildman–Crippen LogP) is 1.83. The van der Waals surface area contributed by atoms with Crippen molar-refractivity contribution in [2.45, 2.75) is 6.54 Å². The van der Waals surface area contributed by atoms with Crippen LogP contribution < -0.4 is 14.2 Å². The molecule has 1 aliphatic heterocycles. The van der Waals surface area contributed by atoms with Crippen LogP contribution in [0, 0.1) is 0 Å². The normalized spacial score (nSPS) is 13.4. The molecule has 1 amide bonds. The number of carboxylic acid groups (broad SMARTS) is 2. The predicted molar refractivity (Wildman–Crippen MR) is 119 cm³/mol. The number of nitrogens with zero attached hydrogens (tertiary/aromatic N) is 2. The van der Waals surface area contributed by atoms with Gasteiger partial charge in [-0.3, -0.25) is 9.69 Å². The lowest BCUT2D eigenvalue weighted by Crippen LogP contribution is -2.48. The van der Waals surface area contributed by atoms with Gasteiger partial charge in [-0.1, -0.05) is 12.1 Å². The molecule has 2 N–H and O–H groups in total. The highest BCUT2D eigenvalue weighted by Gasteiger charge is 2.22. The smallest absolute Gasteiger partial charge is 0.414 e. The van der Waals surface area contributed by atoms with Crippen LogP contribution in [0.25, 0.3) is 0 Å². The first-order valence-electron chi connectivity index (χ1n) is 10.1. The molecule has 0 atom stereocenters. The number of carboxylic acids is 2. The summed E-state index contributed by atoms with van der Waals surface area (Å²) in [5.41, 5.74) is 1.84. The number of aliphatic carboxylic acids is 2. The number of piperazine rings is 1. The lowest BCUT2D eigenvalue weighted by atomic mass is 10.1. The summed E-state index contributed by atoms with van der Waals surface area (Å²) in [6.45, 7) is 3.92. The van der Waals surface area contributed by atoms with E-state index in [4.69, 9.17) is 34.0 Å². The summed E-state index contributed by atoms with van der Waals surface area (Å²) in [6.07, 6.45) is 0. The zero-order valence-corrected chi connectivity index (χ0v) is 18.8. The minimum Gasteiger partial charge on any atom is -0.497 e. The van der Waals surface area contributed by atoms with Gasteiger partial charge in [-0.05, 0) is 35.9 Å². The van der Waals surface area contributed by atoms with E-state index in [1.54, 1.807) is 27.4 Å². The Hall–Kier alpha value is -3.79. The molecular weight excluding hydrogens is 432 g/mol. The molecule has 1 aliphatic rings. The molecule has 1 saturated heterocycles.